The van der Waals surface area contributed by atoms with Crippen LogP contribution in [-0.4, -0.2) is 71.5 Å². The lowest BCUT2D eigenvalue weighted by atomic mass is 10.0. The highest BCUT2D eigenvalue weighted by molar-refractivity contribution is 6.74. The number of phenolic OH excluding ortho intramolecular Hbond substituents is 1. The van der Waals surface area contributed by atoms with Crippen LogP contribution >= 0.6 is 0 Å². The van der Waals surface area contributed by atoms with Gasteiger partial charge in [0.25, 0.3) is 0 Å². The van der Waals surface area contributed by atoms with E-state index in [2.05, 4.69) is 90.9 Å². The van der Waals surface area contributed by atoms with Crippen LogP contribution in [0.25, 0.3) is 21.9 Å². The number of aromatic hydroxyl groups is 1. The summed E-state index contributed by atoms with van der Waals surface area (Å²) in [6.07, 6.45) is 5.71. The highest BCUT2D eigenvalue weighted by Gasteiger charge is 2.39. The van der Waals surface area contributed by atoms with Crippen molar-refractivity contribution < 1.29 is 19.1 Å². The number of unbranched alkanes of at least 4 members (excludes halogenated alkanes) is 1. The van der Waals surface area contributed by atoms with Crippen LogP contribution in [0.3, 0.4) is 0 Å². The molecule has 4 heterocycles. The fourth-order valence-electron chi connectivity index (χ4n) is 7.07. The molecule has 2 aromatic carbocycles. The Bertz CT molecular complexity index is 2350. The van der Waals surface area contributed by atoms with E-state index in [1.54, 1.807) is 12.1 Å². The highest BCUT2D eigenvalue weighted by atomic mass is 28.4. The number of pyridine rings is 2. The third kappa shape index (κ3) is 10.7. The number of rotatable bonds is 15. The summed E-state index contributed by atoms with van der Waals surface area (Å²) in [5.74, 6) is 6.55. The van der Waals surface area contributed by atoms with Crippen molar-refractivity contribution in [2.24, 2.45) is 0 Å². The van der Waals surface area contributed by atoms with E-state index >= 15 is 0 Å². The van der Waals surface area contributed by atoms with Gasteiger partial charge < -0.3 is 40.5 Å². The summed E-state index contributed by atoms with van der Waals surface area (Å²) >= 11 is 0. The first kappa shape index (κ1) is 43.4. The number of anilines is 2. The molecule has 6 rings (SSSR count). The lowest BCUT2D eigenvalue weighted by molar-refractivity contribution is 0.0904. The minimum Gasteiger partial charge on any atom is -0.506 e. The summed E-state index contributed by atoms with van der Waals surface area (Å²) in [7, 11) is -2.17. The van der Waals surface area contributed by atoms with Crippen molar-refractivity contribution in [3.05, 3.63) is 87.5 Å². The van der Waals surface area contributed by atoms with E-state index in [1.165, 1.54) is 6.07 Å². The van der Waals surface area contributed by atoms with E-state index in [-0.39, 0.29) is 34.5 Å². The van der Waals surface area contributed by atoms with Crippen molar-refractivity contribution in [1.29, 1.82) is 0 Å². The van der Waals surface area contributed by atoms with Crippen LogP contribution in [0.1, 0.15) is 88.8 Å². The zero-order valence-electron chi connectivity index (χ0n) is 35.6. The average molecular weight is 821 g/mol. The molecule has 14 heteroatoms. The fourth-order valence-corrected chi connectivity index (χ4v) is 8.34. The molecule has 0 bridgehead atoms. The molecule has 6 N–H and O–H groups in total. The van der Waals surface area contributed by atoms with Crippen LogP contribution in [-0.2, 0) is 28.7 Å². The van der Waals surface area contributed by atoms with Gasteiger partial charge in [0.15, 0.2) is 14.0 Å². The number of hydrogen-bond donors (Lipinski definition) is 6. The monoisotopic (exact) mass is 820 g/mol. The molecule has 1 fully saturated rings. The number of phenols is 1. The number of H-pyrrole nitrogens is 1. The van der Waals surface area contributed by atoms with Crippen LogP contribution in [0, 0.1) is 11.8 Å². The molecule has 59 heavy (non-hydrogen) atoms. The second-order valence-corrected chi connectivity index (χ2v) is 21.4. The zero-order chi connectivity index (χ0) is 42.2. The first-order chi connectivity index (χ1) is 28.3. The minimum absolute atomic E-state index is 0.00260. The molecule has 2 amide bonds. The Morgan fingerprint density at radius 3 is 2.56 bits per heavy atom. The van der Waals surface area contributed by atoms with Gasteiger partial charge in [0.2, 0.25) is 5.56 Å². The van der Waals surface area contributed by atoms with Gasteiger partial charge in [-0.1, -0.05) is 45.6 Å². The van der Waals surface area contributed by atoms with E-state index in [1.807, 2.05) is 41.2 Å². The van der Waals surface area contributed by atoms with Gasteiger partial charge in [0.1, 0.15) is 5.75 Å². The maximum absolute atomic E-state index is 13.1. The summed E-state index contributed by atoms with van der Waals surface area (Å²) in [6, 6.07) is 14.3. The molecule has 5 aromatic rings. The predicted octanol–water partition coefficient (Wildman–Crippen LogP) is 7.96. The molecule has 1 atom stereocenters. The molecule has 13 nitrogen and oxygen atoms in total. The molecule has 0 aliphatic carbocycles. The number of aromatic nitrogens is 4. The SMILES string of the molecule is CCc1nc2c(cnn2CC)c(NC2CCOCC2)c1CNC(=O)Nc1ccc(C#CCCCNCC(O[Si](C)(C)C(C)(C)C)c2ccc(O)c3[nH]c(=O)ccc23)cc1. The van der Waals surface area contributed by atoms with Gasteiger partial charge in [0.05, 0.1) is 28.9 Å². The van der Waals surface area contributed by atoms with E-state index in [0.717, 1.165) is 96.5 Å². The number of nitrogens with zero attached hydrogens (tertiary/aromatic N) is 3. The molecule has 1 aliphatic heterocycles. The van der Waals surface area contributed by atoms with Crippen molar-refractivity contribution in [2.75, 3.05) is 36.9 Å². The van der Waals surface area contributed by atoms with Crippen molar-refractivity contribution in [3.8, 4) is 17.6 Å². The topological polar surface area (TPSA) is 167 Å². The maximum atomic E-state index is 13.1. The van der Waals surface area contributed by atoms with Crippen LogP contribution in [0.15, 0.2) is 59.5 Å². The second-order valence-electron chi connectivity index (χ2n) is 16.6. The van der Waals surface area contributed by atoms with E-state index in [9.17, 15) is 14.7 Å². The molecule has 0 radical (unpaired) electrons. The number of benzene rings is 2. The van der Waals surface area contributed by atoms with Crippen LogP contribution in [0.5, 0.6) is 5.75 Å². The van der Waals surface area contributed by atoms with Crippen LogP contribution < -0.4 is 26.8 Å². The highest BCUT2D eigenvalue weighted by Crippen LogP contribution is 2.41. The third-order valence-electron chi connectivity index (χ3n) is 11.5. The first-order valence-corrected chi connectivity index (χ1v) is 23.8. The van der Waals surface area contributed by atoms with Crippen LogP contribution in [0.4, 0.5) is 16.2 Å². The molecule has 1 aliphatic rings. The van der Waals surface area contributed by atoms with Crippen molar-refractivity contribution in [1.82, 2.24) is 30.4 Å². The third-order valence-corrected chi connectivity index (χ3v) is 15.9. The Morgan fingerprint density at radius 1 is 1.08 bits per heavy atom. The van der Waals surface area contributed by atoms with Gasteiger partial charge in [-0.2, -0.15) is 5.10 Å². The van der Waals surface area contributed by atoms with Gasteiger partial charge >= 0.3 is 6.03 Å². The second kappa shape index (κ2) is 19.2. The summed E-state index contributed by atoms with van der Waals surface area (Å²) in [4.78, 5) is 32.9. The van der Waals surface area contributed by atoms with Crippen molar-refractivity contribution in [3.63, 3.8) is 0 Å². The Morgan fingerprint density at radius 2 is 1.85 bits per heavy atom. The zero-order valence-corrected chi connectivity index (χ0v) is 36.6. The fraction of sp³-hybridized carbons (Fsp3) is 0.467. The molecule has 0 spiro atoms. The number of aromatic amines is 1. The number of carbonyl (C=O) groups is 1. The molecule has 1 unspecified atom stereocenters. The first-order valence-electron chi connectivity index (χ1n) is 20.9. The Hall–Kier alpha value is -5.20. The lowest BCUT2D eigenvalue weighted by Crippen LogP contribution is -2.43. The molecule has 314 valence electrons. The Kier molecular flexibility index (Phi) is 14.1. The number of hydrogen-bond acceptors (Lipinski definition) is 9. The average Bonchev–Trinajstić information content (AvgIpc) is 3.63. The van der Waals surface area contributed by atoms with E-state index < -0.39 is 8.32 Å². The quantitative estimate of drug-likeness (QED) is 0.0349. The number of amides is 2. The molecule has 0 saturated carbocycles. The minimum atomic E-state index is -2.17. The van der Waals surface area contributed by atoms with Crippen molar-refractivity contribution in [2.45, 2.75) is 110 Å². The largest absolute Gasteiger partial charge is 0.506 e. The normalized spacial score (nSPS) is 14.2. The van der Waals surface area contributed by atoms with Crippen molar-refractivity contribution >= 4 is 47.7 Å². The van der Waals surface area contributed by atoms with Gasteiger partial charge in [-0.15, -0.1) is 0 Å². The number of aryl methyl sites for hydroxylation is 2. The number of carbonyl (C=O) groups excluding carboxylic acids is 1. The van der Waals surface area contributed by atoms with Crippen LogP contribution in [0.2, 0.25) is 18.1 Å². The van der Waals surface area contributed by atoms with Gasteiger partial charge in [-0.3, -0.25) is 4.79 Å². The summed E-state index contributed by atoms with van der Waals surface area (Å²) < 4.78 is 14.4. The summed E-state index contributed by atoms with van der Waals surface area (Å²) in [5, 5.41) is 30.1. The molecular formula is C45H60N8O5Si. The van der Waals surface area contributed by atoms with Gasteiger partial charge in [0, 0.05) is 79.3 Å². The molecule has 3 aromatic heterocycles. The molecule has 1 saturated heterocycles. The number of nitrogens with one attached hydrogen (secondary N) is 5. The smallest absolute Gasteiger partial charge is 0.319 e. The standard InChI is InChI=1S/C45H60N8O5Si/c1-8-37-35(41(49-32-22-25-57-26-23-32)36-28-48-53(9-2)43(36)51-37)27-47-44(56)50-31-16-14-30(15-17-31)13-11-10-12-24-46-29-39(58-59(6,7)45(3,4)5)33-18-20-38(54)42-34(33)19-21-40(55)52-42/h14-21,28,32,39,46,54H,8-10,12,22-27,29H2,1-7H3,(H,49,51)(H,52,55)(H2,47,50,56). The Labute approximate surface area is 348 Å². The van der Waals surface area contributed by atoms with E-state index in [4.69, 9.17) is 14.1 Å². The number of ether oxygens (including phenoxy) is 1. The predicted molar refractivity (Wildman–Crippen MR) is 239 cm³/mol. The number of urea groups is 1. The summed E-state index contributed by atoms with van der Waals surface area (Å²) in [6.45, 7) is 19.0. The maximum Gasteiger partial charge on any atom is 0.319 e. The molecular weight excluding hydrogens is 761 g/mol. The van der Waals surface area contributed by atoms with E-state index in [0.29, 0.717) is 30.7 Å². The van der Waals surface area contributed by atoms with Gasteiger partial charge in [-0.25, -0.2) is 14.5 Å². The summed E-state index contributed by atoms with van der Waals surface area (Å²) in [5.41, 5.74) is 6.37. The van der Waals surface area contributed by atoms with Gasteiger partial charge in [-0.05, 0) is 99.2 Å². The number of fused-ring (bicyclic) bond motifs is 2. The Balaban J connectivity index is 1.02. The lowest BCUT2D eigenvalue weighted by Gasteiger charge is -2.39.